The molecule has 1 amide bonds. The predicted molar refractivity (Wildman–Crippen MR) is 83.3 cm³/mol. The van der Waals surface area contributed by atoms with Crippen LogP contribution in [0.1, 0.15) is 41.6 Å². The first-order valence-electron chi connectivity index (χ1n) is 7.65. The number of rotatable bonds is 6. The zero-order valence-electron chi connectivity index (χ0n) is 13.2. The Morgan fingerprint density at radius 3 is 2.82 bits per heavy atom. The molecule has 1 aromatic rings. The van der Waals surface area contributed by atoms with E-state index < -0.39 is 0 Å². The van der Waals surface area contributed by atoms with E-state index in [1.807, 2.05) is 6.92 Å². The molecular formula is C17H23NO4. The standard InChI is InChI=1S/C17H23NO4/c1-12-10-13(5-7-16(12)21-2)15(19)6-8-17(20)18-14-4-3-9-22-11-14/h5,7,10,14H,3-4,6,8-9,11H2,1-2H3,(H,18,20). The summed E-state index contributed by atoms with van der Waals surface area (Å²) in [5.74, 6) is 0.640. The lowest BCUT2D eigenvalue weighted by molar-refractivity contribution is -0.122. The quantitative estimate of drug-likeness (QED) is 0.819. The lowest BCUT2D eigenvalue weighted by Crippen LogP contribution is -2.40. The molecule has 1 fully saturated rings. The summed E-state index contributed by atoms with van der Waals surface area (Å²) in [5, 5.41) is 2.92. The number of ether oxygens (including phenoxy) is 2. The first-order valence-corrected chi connectivity index (χ1v) is 7.65. The number of hydrogen-bond donors (Lipinski definition) is 1. The van der Waals surface area contributed by atoms with Crippen LogP contribution in [0.4, 0.5) is 0 Å². The van der Waals surface area contributed by atoms with Crippen molar-refractivity contribution >= 4 is 11.7 Å². The molecule has 0 aliphatic carbocycles. The molecule has 0 radical (unpaired) electrons. The van der Waals surface area contributed by atoms with Gasteiger partial charge >= 0.3 is 0 Å². The van der Waals surface area contributed by atoms with Gasteiger partial charge in [-0.1, -0.05) is 0 Å². The Hall–Kier alpha value is -1.88. The maximum Gasteiger partial charge on any atom is 0.220 e. The summed E-state index contributed by atoms with van der Waals surface area (Å²) in [6.07, 6.45) is 2.33. The van der Waals surface area contributed by atoms with Crippen LogP contribution in [0, 0.1) is 6.92 Å². The van der Waals surface area contributed by atoms with Gasteiger partial charge in [-0.3, -0.25) is 9.59 Å². The van der Waals surface area contributed by atoms with E-state index >= 15 is 0 Å². The summed E-state index contributed by atoms with van der Waals surface area (Å²) in [4.78, 5) is 24.0. The van der Waals surface area contributed by atoms with Gasteiger partial charge in [0.05, 0.1) is 19.8 Å². The van der Waals surface area contributed by atoms with Crippen LogP contribution >= 0.6 is 0 Å². The van der Waals surface area contributed by atoms with Gasteiger partial charge in [-0.05, 0) is 43.5 Å². The van der Waals surface area contributed by atoms with Crippen LogP contribution in [0.5, 0.6) is 5.75 Å². The zero-order chi connectivity index (χ0) is 15.9. The van der Waals surface area contributed by atoms with E-state index in [4.69, 9.17) is 9.47 Å². The highest BCUT2D eigenvalue weighted by Crippen LogP contribution is 2.19. The van der Waals surface area contributed by atoms with E-state index in [1.54, 1.807) is 25.3 Å². The molecule has 5 nitrogen and oxygen atoms in total. The van der Waals surface area contributed by atoms with Crippen LogP contribution in [0.2, 0.25) is 0 Å². The van der Waals surface area contributed by atoms with Crippen molar-refractivity contribution in [2.45, 2.75) is 38.6 Å². The summed E-state index contributed by atoms with van der Waals surface area (Å²) in [6, 6.07) is 5.40. The third-order valence-corrected chi connectivity index (χ3v) is 3.82. The van der Waals surface area contributed by atoms with Crippen LogP contribution in [-0.2, 0) is 9.53 Å². The minimum atomic E-state index is -0.0888. The van der Waals surface area contributed by atoms with Crippen molar-refractivity contribution in [2.24, 2.45) is 0 Å². The lowest BCUT2D eigenvalue weighted by atomic mass is 10.0. The third-order valence-electron chi connectivity index (χ3n) is 3.82. The summed E-state index contributed by atoms with van der Waals surface area (Å²) in [7, 11) is 1.60. The first-order chi connectivity index (χ1) is 10.6. The molecule has 0 spiro atoms. The fourth-order valence-electron chi connectivity index (χ4n) is 2.58. The second-order valence-corrected chi connectivity index (χ2v) is 5.59. The molecule has 1 aliphatic rings. The largest absolute Gasteiger partial charge is 0.496 e. The average Bonchev–Trinajstić information content (AvgIpc) is 2.53. The minimum Gasteiger partial charge on any atom is -0.496 e. The molecule has 2 rings (SSSR count). The number of ketones is 1. The first kappa shape index (κ1) is 16.5. The van der Waals surface area contributed by atoms with Crippen molar-refractivity contribution in [1.29, 1.82) is 0 Å². The van der Waals surface area contributed by atoms with Gasteiger partial charge in [0.15, 0.2) is 5.78 Å². The second kappa shape index (κ2) is 7.94. The van der Waals surface area contributed by atoms with Crippen LogP contribution in [0.15, 0.2) is 18.2 Å². The van der Waals surface area contributed by atoms with E-state index in [2.05, 4.69) is 5.32 Å². The van der Waals surface area contributed by atoms with Crippen LogP contribution in [0.3, 0.4) is 0 Å². The van der Waals surface area contributed by atoms with E-state index in [0.717, 1.165) is 30.8 Å². The molecule has 0 bridgehead atoms. The van der Waals surface area contributed by atoms with Gasteiger partial charge < -0.3 is 14.8 Å². The second-order valence-electron chi connectivity index (χ2n) is 5.59. The number of nitrogens with one attached hydrogen (secondary N) is 1. The summed E-state index contributed by atoms with van der Waals surface area (Å²) >= 11 is 0. The average molecular weight is 305 g/mol. The minimum absolute atomic E-state index is 0.0270. The molecule has 0 saturated carbocycles. The predicted octanol–water partition coefficient (Wildman–Crippen LogP) is 2.26. The van der Waals surface area contributed by atoms with E-state index in [9.17, 15) is 9.59 Å². The van der Waals surface area contributed by atoms with Crippen molar-refractivity contribution in [3.05, 3.63) is 29.3 Å². The van der Waals surface area contributed by atoms with Gasteiger partial charge in [0.25, 0.3) is 0 Å². The molecule has 1 aromatic carbocycles. The van der Waals surface area contributed by atoms with Gasteiger partial charge in [0.2, 0.25) is 5.91 Å². The highest BCUT2D eigenvalue weighted by molar-refractivity contribution is 5.98. The van der Waals surface area contributed by atoms with Crippen LogP contribution in [0.25, 0.3) is 0 Å². The number of amides is 1. The highest BCUT2D eigenvalue weighted by Gasteiger charge is 2.17. The van der Waals surface area contributed by atoms with Gasteiger partial charge in [0.1, 0.15) is 5.75 Å². The molecule has 1 aliphatic heterocycles. The van der Waals surface area contributed by atoms with Crippen molar-refractivity contribution in [1.82, 2.24) is 5.32 Å². The number of Topliss-reactive ketones (excluding diaryl/α,β-unsaturated/α-hetero) is 1. The Morgan fingerprint density at radius 2 is 2.18 bits per heavy atom. The molecular weight excluding hydrogens is 282 g/mol. The normalized spacial score (nSPS) is 17.8. The maximum atomic E-state index is 12.1. The Morgan fingerprint density at radius 1 is 1.36 bits per heavy atom. The zero-order valence-corrected chi connectivity index (χ0v) is 13.2. The summed E-state index contributed by atoms with van der Waals surface area (Å²) in [6.45, 7) is 3.23. The van der Waals surface area contributed by atoms with Gasteiger partial charge in [-0.15, -0.1) is 0 Å². The highest BCUT2D eigenvalue weighted by atomic mass is 16.5. The fourth-order valence-corrected chi connectivity index (χ4v) is 2.58. The van der Waals surface area contributed by atoms with Crippen LogP contribution < -0.4 is 10.1 Å². The van der Waals surface area contributed by atoms with E-state index in [1.165, 1.54) is 0 Å². The molecule has 0 aromatic heterocycles. The molecule has 1 saturated heterocycles. The summed E-state index contributed by atoms with van der Waals surface area (Å²) < 4.78 is 10.5. The number of methoxy groups -OCH3 is 1. The Kier molecular flexibility index (Phi) is 5.95. The van der Waals surface area contributed by atoms with E-state index in [0.29, 0.717) is 12.2 Å². The smallest absolute Gasteiger partial charge is 0.220 e. The van der Waals surface area contributed by atoms with Gasteiger partial charge in [0, 0.05) is 25.0 Å². The van der Waals surface area contributed by atoms with Crippen LogP contribution in [-0.4, -0.2) is 38.1 Å². The number of hydrogen-bond acceptors (Lipinski definition) is 4. The Bertz CT molecular complexity index is 535. The molecule has 1 heterocycles. The van der Waals surface area contributed by atoms with Gasteiger partial charge in [-0.25, -0.2) is 0 Å². The molecule has 1 atom stereocenters. The van der Waals surface area contributed by atoms with Crippen molar-refractivity contribution in [3.63, 3.8) is 0 Å². The molecule has 1 unspecified atom stereocenters. The Balaban J connectivity index is 1.81. The Labute approximate surface area is 131 Å². The van der Waals surface area contributed by atoms with Crippen molar-refractivity contribution in [2.75, 3.05) is 20.3 Å². The number of benzene rings is 1. The van der Waals surface area contributed by atoms with Crippen molar-refractivity contribution < 1.29 is 19.1 Å². The number of carbonyl (C=O) groups is 2. The SMILES string of the molecule is COc1ccc(C(=O)CCC(=O)NC2CCCOC2)cc1C. The molecule has 22 heavy (non-hydrogen) atoms. The molecule has 5 heteroatoms. The third kappa shape index (κ3) is 4.56. The number of carbonyl (C=O) groups excluding carboxylic acids is 2. The van der Waals surface area contributed by atoms with Crippen molar-refractivity contribution in [3.8, 4) is 5.75 Å². The fraction of sp³-hybridized carbons (Fsp3) is 0.529. The lowest BCUT2D eigenvalue weighted by Gasteiger charge is -2.23. The topological polar surface area (TPSA) is 64.6 Å². The number of aryl methyl sites for hydroxylation is 1. The van der Waals surface area contributed by atoms with E-state index in [-0.39, 0.29) is 30.6 Å². The maximum absolute atomic E-state index is 12.1. The molecule has 1 N–H and O–H groups in total. The summed E-state index contributed by atoms with van der Waals surface area (Å²) in [5.41, 5.74) is 1.53. The monoisotopic (exact) mass is 305 g/mol. The van der Waals surface area contributed by atoms with Gasteiger partial charge in [-0.2, -0.15) is 0 Å². The molecule has 120 valence electrons.